The van der Waals surface area contributed by atoms with Gasteiger partial charge >= 0.3 is 0 Å². The molecule has 0 bridgehead atoms. The second kappa shape index (κ2) is 7.09. The molecule has 16 heavy (non-hydrogen) atoms. The predicted octanol–water partition coefficient (Wildman–Crippen LogP) is 1.15. The largest absolute Gasteiger partial charge is 0.492 e. The van der Waals surface area contributed by atoms with Gasteiger partial charge in [0.25, 0.3) is 5.91 Å². The Bertz CT molecular complexity index is 325. The van der Waals surface area contributed by atoms with Crippen LogP contribution >= 0.6 is 12.4 Å². The minimum atomic E-state index is -0.0135. The van der Waals surface area contributed by atoms with Crippen LogP contribution < -0.4 is 10.5 Å². The van der Waals surface area contributed by atoms with Crippen LogP contribution in [0.25, 0.3) is 0 Å². The highest BCUT2D eigenvalue weighted by Gasteiger charge is 2.06. The first-order valence-corrected chi connectivity index (χ1v) is 4.79. The van der Waals surface area contributed by atoms with Gasteiger partial charge in [0.2, 0.25) is 0 Å². The van der Waals surface area contributed by atoms with Crippen molar-refractivity contribution in [1.82, 2.24) is 4.90 Å². The molecule has 1 aromatic rings. The summed E-state index contributed by atoms with van der Waals surface area (Å²) in [7, 11) is 3.45. The molecule has 5 heteroatoms. The Morgan fingerprint density at radius 3 is 2.31 bits per heavy atom. The van der Waals surface area contributed by atoms with E-state index in [1.165, 1.54) is 4.90 Å². The van der Waals surface area contributed by atoms with Crippen molar-refractivity contribution >= 4 is 18.3 Å². The van der Waals surface area contributed by atoms with E-state index in [9.17, 15) is 4.79 Å². The summed E-state index contributed by atoms with van der Waals surface area (Å²) in [4.78, 5) is 13.1. The monoisotopic (exact) mass is 244 g/mol. The van der Waals surface area contributed by atoms with Gasteiger partial charge < -0.3 is 15.4 Å². The zero-order chi connectivity index (χ0) is 11.3. The molecule has 2 N–H and O–H groups in total. The fourth-order valence-corrected chi connectivity index (χ4v) is 1.13. The molecule has 0 saturated heterocycles. The van der Waals surface area contributed by atoms with E-state index < -0.39 is 0 Å². The predicted molar refractivity (Wildman–Crippen MR) is 66.3 cm³/mol. The SMILES string of the molecule is CN(C)C(=O)c1ccc(OCCN)cc1.Cl. The second-order valence-corrected chi connectivity index (χ2v) is 3.36. The highest BCUT2D eigenvalue weighted by molar-refractivity contribution is 5.93. The van der Waals surface area contributed by atoms with Crippen LogP contribution in [-0.2, 0) is 0 Å². The molecule has 0 radical (unpaired) electrons. The summed E-state index contributed by atoms with van der Waals surface area (Å²) < 4.78 is 5.30. The first kappa shape index (κ1) is 14.7. The number of hydrogen-bond acceptors (Lipinski definition) is 3. The molecule has 0 spiro atoms. The van der Waals surface area contributed by atoms with Gasteiger partial charge in [-0.25, -0.2) is 0 Å². The van der Waals surface area contributed by atoms with Gasteiger partial charge in [-0.2, -0.15) is 0 Å². The van der Waals surface area contributed by atoms with Crippen molar-refractivity contribution in [2.75, 3.05) is 27.2 Å². The van der Waals surface area contributed by atoms with E-state index in [-0.39, 0.29) is 18.3 Å². The first-order valence-electron chi connectivity index (χ1n) is 4.79. The van der Waals surface area contributed by atoms with Crippen LogP contribution in [0.3, 0.4) is 0 Å². The lowest BCUT2D eigenvalue weighted by molar-refractivity contribution is 0.0827. The summed E-state index contributed by atoms with van der Waals surface area (Å²) in [6.07, 6.45) is 0. The van der Waals surface area contributed by atoms with Crippen LogP contribution in [0.4, 0.5) is 0 Å². The number of ether oxygens (including phenoxy) is 1. The Morgan fingerprint density at radius 1 is 1.31 bits per heavy atom. The highest BCUT2D eigenvalue weighted by atomic mass is 35.5. The average Bonchev–Trinajstić information content (AvgIpc) is 2.26. The molecule has 0 aliphatic heterocycles. The molecule has 0 unspecified atom stereocenters. The average molecular weight is 245 g/mol. The summed E-state index contributed by atoms with van der Waals surface area (Å²) >= 11 is 0. The normalized spacial score (nSPS) is 9.19. The van der Waals surface area contributed by atoms with Crippen LogP contribution in [0.15, 0.2) is 24.3 Å². The Balaban J connectivity index is 0.00000225. The molecular formula is C11H17ClN2O2. The number of hydrogen-bond donors (Lipinski definition) is 1. The van der Waals surface area contributed by atoms with Gasteiger partial charge in [0.1, 0.15) is 12.4 Å². The van der Waals surface area contributed by atoms with Crippen LogP contribution in [0.2, 0.25) is 0 Å². The Hall–Kier alpha value is -1.26. The molecule has 1 amide bonds. The quantitative estimate of drug-likeness (QED) is 0.865. The number of carbonyl (C=O) groups excluding carboxylic acids is 1. The zero-order valence-electron chi connectivity index (χ0n) is 9.47. The maximum Gasteiger partial charge on any atom is 0.253 e. The highest BCUT2D eigenvalue weighted by Crippen LogP contribution is 2.12. The van der Waals surface area contributed by atoms with Gasteiger partial charge in [-0.15, -0.1) is 12.4 Å². The van der Waals surface area contributed by atoms with Gasteiger partial charge in [-0.1, -0.05) is 0 Å². The number of halogens is 1. The van der Waals surface area contributed by atoms with E-state index in [0.717, 1.165) is 5.75 Å². The Labute approximate surface area is 102 Å². The molecule has 90 valence electrons. The minimum Gasteiger partial charge on any atom is -0.492 e. The zero-order valence-corrected chi connectivity index (χ0v) is 10.3. The molecule has 0 aromatic heterocycles. The maximum atomic E-state index is 11.5. The maximum absolute atomic E-state index is 11.5. The number of carbonyl (C=O) groups is 1. The van der Waals surface area contributed by atoms with Crippen molar-refractivity contribution in [2.45, 2.75) is 0 Å². The van der Waals surface area contributed by atoms with Gasteiger partial charge in [0, 0.05) is 26.2 Å². The fraction of sp³-hybridized carbons (Fsp3) is 0.364. The van der Waals surface area contributed by atoms with E-state index in [2.05, 4.69) is 0 Å². The molecule has 0 atom stereocenters. The first-order chi connectivity index (χ1) is 7.15. The van der Waals surface area contributed by atoms with Crippen LogP contribution in [0.1, 0.15) is 10.4 Å². The fourth-order valence-electron chi connectivity index (χ4n) is 1.13. The number of amides is 1. The van der Waals surface area contributed by atoms with E-state index in [1.807, 2.05) is 0 Å². The second-order valence-electron chi connectivity index (χ2n) is 3.36. The lowest BCUT2D eigenvalue weighted by Crippen LogP contribution is -2.21. The lowest BCUT2D eigenvalue weighted by atomic mass is 10.2. The Morgan fingerprint density at radius 2 is 1.88 bits per heavy atom. The molecule has 0 fully saturated rings. The van der Waals surface area contributed by atoms with E-state index in [1.54, 1.807) is 38.4 Å². The summed E-state index contributed by atoms with van der Waals surface area (Å²) in [6, 6.07) is 7.03. The van der Waals surface area contributed by atoms with Gasteiger partial charge in [-0.05, 0) is 24.3 Å². The summed E-state index contributed by atoms with van der Waals surface area (Å²) in [6.45, 7) is 0.972. The molecule has 0 saturated carbocycles. The summed E-state index contributed by atoms with van der Waals surface area (Å²) in [5, 5.41) is 0. The van der Waals surface area contributed by atoms with Crippen molar-refractivity contribution in [3.8, 4) is 5.75 Å². The van der Waals surface area contributed by atoms with Crippen molar-refractivity contribution in [1.29, 1.82) is 0 Å². The third-order valence-electron chi connectivity index (χ3n) is 1.89. The number of rotatable bonds is 4. The molecule has 4 nitrogen and oxygen atoms in total. The van der Waals surface area contributed by atoms with Gasteiger partial charge in [-0.3, -0.25) is 4.79 Å². The minimum absolute atomic E-state index is 0. The van der Waals surface area contributed by atoms with Crippen molar-refractivity contribution in [3.63, 3.8) is 0 Å². The molecular weight excluding hydrogens is 228 g/mol. The topological polar surface area (TPSA) is 55.6 Å². The standard InChI is InChI=1S/C11H16N2O2.ClH/c1-13(2)11(14)9-3-5-10(6-4-9)15-8-7-12;/h3-6H,7-8,12H2,1-2H3;1H. The van der Waals surface area contributed by atoms with E-state index in [4.69, 9.17) is 10.5 Å². The lowest BCUT2D eigenvalue weighted by Gasteiger charge is -2.10. The van der Waals surface area contributed by atoms with Crippen molar-refractivity contribution < 1.29 is 9.53 Å². The van der Waals surface area contributed by atoms with Crippen LogP contribution in [0, 0.1) is 0 Å². The summed E-state index contributed by atoms with van der Waals surface area (Å²) in [5.41, 5.74) is 5.96. The van der Waals surface area contributed by atoms with Crippen molar-refractivity contribution in [3.05, 3.63) is 29.8 Å². The number of benzene rings is 1. The third-order valence-corrected chi connectivity index (χ3v) is 1.89. The number of nitrogens with zero attached hydrogens (tertiary/aromatic N) is 1. The van der Waals surface area contributed by atoms with Crippen LogP contribution in [0.5, 0.6) is 5.75 Å². The molecule has 0 aliphatic carbocycles. The summed E-state index contributed by atoms with van der Waals surface area (Å²) in [5.74, 6) is 0.719. The Kier molecular flexibility index (Phi) is 6.53. The molecule has 0 heterocycles. The van der Waals surface area contributed by atoms with Gasteiger partial charge in [0.05, 0.1) is 0 Å². The van der Waals surface area contributed by atoms with Gasteiger partial charge in [0.15, 0.2) is 0 Å². The van der Waals surface area contributed by atoms with E-state index in [0.29, 0.717) is 18.7 Å². The van der Waals surface area contributed by atoms with Crippen LogP contribution in [-0.4, -0.2) is 38.1 Å². The molecule has 1 aromatic carbocycles. The third kappa shape index (κ3) is 4.08. The molecule has 1 rings (SSSR count). The number of nitrogens with two attached hydrogens (primary N) is 1. The smallest absolute Gasteiger partial charge is 0.253 e. The van der Waals surface area contributed by atoms with E-state index >= 15 is 0 Å². The molecule has 0 aliphatic rings. The van der Waals surface area contributed by atoms with Crippen molar-refractivity contribution in [2.24, 2.45) is 5.73 Å².